The second-order valence-corrected chi connectivity index (χ2v) is 5.94. The van der Waals surface area contributed by atoms with Crippen LogP contribution >= 0.6 is 0 Å². The number of carbonyl (C=O) groups excluding carboxylic acids is 1. The van der Waals surface area contributed by atoms with Crippen LogP contribution < -0.4 is 0 Å². The van der Waals surface area contributed by atoms with Crippen molar-refractivity contribution in [1.82, 2.24) is 4.90 Å². The summed E-state index contributed by atoms with van der Waals surface area (Å²) in [6, 6.07) is 6.03. The summed E-state index contributed by atoms with van der Waals surface area (Å²) >= 11 is 0. The van der Waals surface area contributed by atoms with Crippen molar-refractivity contribution in [3.63, 3.8) is 0 Å². The summed E-state index contributed by atoms with van der Waals surface area (Å²) in [6.45, 7) is 4.44. The molecule has 7 nitrogen and oxygen atoms in total. The van der Waals surface area contributed by atoms with E-state index in [1.54, 1.807) is 13.0 Å². The Hall–Kier alpha value is -2.85. The minimum atomic E-state index is -1.63. The number of nitrogens with one attached hydrogen (secondary N) is 1. The van der Waals surface area contributed by atoms with Crippen LogP contribution in [0, 0.1) is 62.6 Å². The number of carbonyl (C=O) groups is 1. The summed E-state index contributed by atoms with van der Waals surface area (Å²) in [7, 11) is 0. The Morgan fingerprint density at radius 3 is 2.58 bits per heavy atom. The lowest BCUT2D eigenvalue weighted by atomic mass is 9.55. The summed E-state index contributed by atoms with van der Waals surface area (Å²) in [5.74, 6) is -1.62. The van der Waals surface area contributed by atoms with Gasteiger partial charge in [-0.3, -0.25) is 0 Å². The topological polar surface area (TPSA) is 125 Å². The van der Waals surface area contributed by atoms with Gasteiger partial charge in [0.1, 0.15) is 5.92 Å². The van der Waals surface area contributed by atoms with Gasteiger partial charge in [0, 0.05) is 24.9 Å². The van der Waals surface area contributed by atoms with Crippen LogP contribution in [-0.2, 0) is 4.74 Å². The third-order valence-electron chi connectivity index (χ3n) is 4.93. The molecule has 1 fully saturated rings. The first-order valence-corrected chi connectivity index (χ1v) is 7.93. The van der Waals surface area contributed by atoms with E-state index in [1.807, 2.05) is 19.1 Å². The fraction of sp³-hybridized carbons (Fsp3) is 0.588. The van der Waals surface area contributed by atoms with Crippen molar-refractivity contribution in [1.29, 1.82) is 21.2 Å². The van der Waals surface area contributed by atoms with Gasteiger partial charge < -0.3 is 15.0 Å². The predicted octanol–water partition coefficient (Wildman–Crippen LogP) is 2.23. The summed E-state index contributed by atoms with van der Waals surface area (Å²) < 4.78 is 5.03. The standard InChI is InChI=1S/C17H19N5O2/c1-3-14-13-8-22(16(23)24-4-2)6-5-11(13)12(7-18)15(21)17(14,9-19)10-20/h5,12-14,21H,3-4,6,8H2,1-2H3/t12-,13-,14-/m1/s1. The van der Waals surface area contributed by atoms with Gasteiger partial charge in [-0.1, -0.05) is 13.0 Å². The largest absolute Gasteiger partial charge is 0.450 e. The molecule has 124 valence electrons. The van der Waals surface area contributed by atoms with E-state index in [2.05, 4.69) is 6.07 Å². The highest BCUT2D eigenvalue weighted by molar-refractivity contribution is 6.00. The summed E-state index contributed by atoms with van der Waals surface area (Å²) in [5, 5.41) is 37.0. The van der Waals surface area contributed by atoms with Gasteiger partial charge in [-0.05, 0) is 18.9 Å². The average Bonchev–Trinajstić information content (AvgIpc) is 2.60. The van der Waals surface area contributed by atoms with Crippen molar-refractivity contribution in [3.8, 4) is 18.2 Å². The van der Waals surface area contributed by atoms with Crippen molar-refractivity contribution in [2.24, 2.45) is 23.2 Å². The SMILES string of the molecule is CCOC(=O)N1CC=C2[C@@H](C#N)C(=N)C(C#N)(C#N)[C@H](CC)[C@@H]2C1. The van der Waals surface area contributed by atoms with Crippen LogP contribution in [0.1, 0.15) is 20.3 Å². The molecule has 1 heterocycles. The van der Waals surface area contributed by atoms with E-state index in [4.69, 9.17) is 10.1 Å². The van der Waals surface area contributed by atoms with E-state index in [9.17, 15) is 20.6 Å². The van der Waals surface area contributed by atoms with Gasteiger partial charge in [0.2, 0.25) is 0 Å². The molecular formula is C17H19N5O2. The minimum absolute atomic E-state index is 0.145. The molecule has 0 bridgehead atoms. The lowest BCUT2D eigenvalue weighted by Crippen LogP contribution is -2.54. The number of amides is 1. The van der Waals surface area contributed by atoms with Gasteiger partial charge in [-0.15, -0.1) is 0 Å². The van der Waals surface area contributed by atoms with E-state index in [1.165, 1.54) is 4.90 Å². The summed E-state index contributed by atoms with van der Waals surface area (Å²) in [5.41, 5.74) is -1.03. The predicted molar refractivity (Wildman–Crippen MR) is 84.4 cm³/mol. The van der Waals surface area contributed by atoms with Crippen LogP contribution in [0.4, 0.5) is 4.79 Å². The third-order valence-corrected chi connectivity index (χ3v) is 4.93. The maximum absolute atomic E-state index is 12.0. The molecule has 1 aliphatic heterocycles. The van der Waals surface area contributed by atoms with Gasteiger partial charge in [0.15, 0.2) is 5.41 Å². The van der Waals surface area contributed by atoms with Crippen LogP contribution in [0.2, 0.25) is 0 Å². The van der Waals surface area contributed by atoms with Crippen molar-refractivity contribution >= 4 is 11.8 Å². The smallest absolute Gasteiger partial charge is 0.410 e. The van der Waals surface area contributed by atoms with Crippen LogP contribution in [-0.4, -0.2) is 36.4 Å². The second-order valence-electron chi connectivity index (χ2n) is 5.94. The van der Waals surface area contributed by atoms with E-state index in [-0.39, 0.29) is 18.2 Å². The Labute approximate surface area is 141 Å². The van der Waals surface area contributed by atoms with Crippen molar-refractivity contribution in [3.05, 3.63) is 11.6 Å². The zero-order chi connectivity index (χ0) is 17.9. The molecular weight excluding hydrogens is 306 g/mol. The van der Waals surface area contributed by atoms with Crippen LogP contribution in [0.15, 0.2) is 11.6 Å². The van der Waals surface area contributed by atoms with Gasteiger partial charge in [-0.2, -0.15) is 15.8 Å². The summed E-state index contributed by atoms with van der Waals surface area (Å²) in [6.07, 6.45) is 1.83. The number of fused-ring (bicyclic) bond motifs is 1. The molecule has 0 radical (unpaired) electrons. The molecule has 0 unspecified atom stereocenters. The molecule has 0 saturated heterocycles. The fourth-order valence-corrected chi connectivity index (χ4v) is 3.78. The third kappa shape index (κ3) is 2.41. The number of hydrogen-bond acceptors (Lipinski definition) is 6. The lowest BCUT2D eigenvalue weighted by molar-refractivity contribution is 0.0929. The van der Waals surface area contributed by atoms with Gasteiger partial charge in [0.05, 0.1) is 30.5 Å². The van der Waals surface area contributed by atoms with Gasteiger partial charge in [0.25, 0.3) is 0 Å². The zero-order valence-corrected chi connectivity index (χ0v) is 13.7. The quantitative estimate of drug-likeness (QED) is 0.779. The summed E-state index contributed by atoms with van der Waals surface area (Å²) in [4.78, 5) is 13.5. The number of hydrogen-bond donors (Lipinski definition) is 1. The number of nitriles is 3. The van der Waals surface area contributed by atoms with E-state index in [0.717, 1.165) is 5.57 Å². The molecule has 2 rings (SSSR count). The Morgan fingerprint density at radius 1 is 1.42 bits per heavy atom. The molecule has 0 aromatic carbocycles. The normalized spacial score (nSPS) is 27.8. The molecule has 1 N–H and O–H groups in total. The molecule has 7 heteroatoms. The van der Waals surface area contributed by atoms with E-state index >= 15 is 0 Å². The Morgan fingerprint density at radius 2 is 2.08 bits per heavy atom. The fourth-order valence-electron chi connectivity index (χ4n) is 3.78. The molecule has 1 aliphatic carbocycles. The Kier molecular flexibility index (Phi) is 4.90. The van der Waals surface area contributed by atoms with Gasteiger partial charge in [-0.25, -0.2) is 4.79 Å². The van der Waals surface area contributed by atoms with Crippen molar-refractivity contribution in [2.75, 3.05) is 19.7 Å². The molecule has 3 atom stereocenters. The maximum atomic E-state index is 12.0. The van der Waals surface area contributed by atoms with Crippen molar-refractivity contribution in [2.45, 2.75) is 20.3 Å². The average molecular weight is 325 g/mol. The molecule has 0 aromatic heterocycles. The van der Waals surface area contributed by atoms with E-state index in [0.29, 0.717) is 19.5 Å². The van der Waals surface area contributed by atoms with E-state index < -0.39 is 23.3 Å². The number of rotatable bonds is 2. The highest BCUT2D eigenvalue weighted by Gasteiger charge is 2.56. The van der Waals surface area contributed by atoms with Crippen LogP contribution in [0.5, 0.6) is 0 Å². The Bertz CT molecular complexity index is 692. The monoisotopic (exact) mass is 325 g/mol. The highest BCUT2D eigenvalue weighted by atomic mass is 16.6. The van der Waals surface area contributed by atoms with Crippen molar-refractivity contribution < 1.29 is 9.53 Å². The lowest BCUT2D eigenvalue weighted by Gasteiger charge is -2.47. The molecule has 1 amide bonds. The van der Waals surface area contributed by atoms with Crippen LogP contribution in [0.3, 0.4) is 0 Å². The van der Waals surface area contributed by atoms with Gasteiger partial charge >= 0.3 is 6.09 Å². The molecule has 0 spiro atoms. The first-order valence-electron chi connectivity index (χ1n) is 7.93. The second kappa shape index (κ2) is 6.72. The maximum Gasteiger partial charge on any atom is 0.410 e. The first-order chi connectivity index (χ1) is 11.5. The Balaban J connectivity index is 2.50. The first kappa shape index (κ1) is 17.5. The zero-order valence-electron chi connectivity index (χ0n) is 13.7. The number of ether oxygens (including phenoxy) is 1. The molecule has 2 aliphatic rings. The molecule has 24 heavy (non-hydrogen) atoms. The van der Waals surface area contributed by atoms with Crippen LogP contribution in [0.25, 0.3) is 0 Å². The molecule has 1 saturated carbocycles. The highest BCUT2D eigenvalue weighted by Crippen LogP contribution is 2.49. The minimum Gasteiger partial charge on any atom is -0.450 e. The number of nitrogens with zero attached hydrogens (tertiary/aromatic N) is 4. The molecule has 0 aromatic rings.